The minimum absolute atomic E-state index is 0.180. The Labute approximate surface area is 107 Å². The summed E-state index contributed by atoms with van der Waals surface area (Å²) >= 11 is 0. The van der Waals surface area contributed by atoms with Crippen LogP contribution >= 0.6 is 0 Å². The van der Waals surface area contributed by atoms with Crippen molar-refractivity contribution in [1.29, 1.82) is 0 Å². The number of nitrogens with two attached hydrogens (primary N) is 2. The maximum atomic E-state index is 9.35. The third-order valence-corrected chi connectivity index (χ3v) is 3.61. The normalized spacial score (nSPS) is 23.8. The number of anilines is 3. The molecule has 6 nitrogen and oxygen atoms in total. The van der Waals surface area contributed by atoms with Gasteiger partial charge in [0.15, 0.2) is 0 Å². The predicted molar refractivity (Wildman–Crippen MR) is 71.9 cm³/mol. The molecule has 0 amide bonds. The Morgan fingerprint density at radius 3 is 2.61 bits per heavy atom. The summed E-state index contributed by atoms with van der Waals surface area (Å²) in [6, 6.07) is 1.67. The maximum Gasteiger partial charge on any atom is 0.223 e. The number of nitrogen functional groups attached to an aromatic ring is 2. The standard InChI is InChI=1S/C12H21N5O/c13-10-5-11(17-12(14)16-10)15-6-8-3-1-2-4-9(8)7-18/h5,8-9,18H,1-4,6-7H2,(H5,13,14,15,16,17). The number of nitrogens with one attached hydrogen (secondary N) is 1. The number of rotatable bonds is 4. The number of aliphatic hydroxyl groups is 1. The van der Waals surface area contributed by atoms with Crippen LogP contribution in [0.2, 0.25) is 0 Å². The highest BCUT2D eigenvalue weighted by atomic mass is 16.3. The summed E-state index contributed by atoms with van der Waals surface area (Å²) in [5.41, 5.74) is 11.1. The second-order valence-electron chi connectivity index (χ2n) is 4.90. The molecule has 6 N–H and O–H groups in total. The van der Waals surface area contributed by atoms with E-state index < -0.39 is 0 Å². The third-order valence-electron chi connectivity index (χ3n) is 3.61. The third kappa shape index (κ3) is 3.22. The molecule has 0 aliphatic heterocycles. The lowest BCUT2D eigenvalue weighted by Crippen LogP contribution is -2.28. The minimum atomic E-state index is 0.180. The van der Waals surface area contributed by atoms with E-state index in [2.05, 4.69) is 15.3 Å². The molecule has 6 heteroatoms. The highest BCUT2D eigenvalue weighted by molar-refractivity contribution is 5.48. The number of aliphatic hydroxyl groups excluding tert-OH is 1. The zero-order chi connectivity index (χ0) is 13.0. The Hall–Kier alpha value is -1.56. The largest absolute Gasteiger partial charge is 0.396 e. The van der Waals surface area contributed by atoms with Crippen LogP contribution in [0.3, 0.4) is 0 Å². The van der Waals surface area contributed by atoms with E-state index in [-0.39, 0.29) is 12.6 Å². The van der Waals surface area contributed by atoms with Gasteiger partial charge < -0.3 is 21.9 Å². The summed E-state index contributed by atoms with van der Waals surface area (Å²) in [7, 11) is 0. The highest BCUT2D eigenvalue weighted by Gasteiger charge is 2.24. The van der Waals surface area contributed by atoms with Crippen LogP contribution in [0.25, 0.3) is 0 Å². The number of aromatic nitrogens is 2. The van der Waals surface area contributed by atoms with Crippen LogP contribution < -0.4 is 16.8 Å². The number of hydrogen-bond donors (Lipinski definition) is 4. The van der Waals surface area contributed by atoms with Crippen molar-refractivity contribution in [2.45, 2.75) is 25.7 Å². The summed E-state index contributed by atoms with van der Waals surface area (Å²) in [5.74, 6) is 2.08. The molecule has 0 aromatic carbocycles. The van der Waals surface area contributed by atoms with Crippen molar-refractivity contribution < 1.29 is 5.11 Å². The predicted octanol–water partition coefficient (Wildman–Crippen LogP) is 0.852. The Kier molecular flexibility index (Phi) is 4.19. The van der Waals surface area contributed by atoms with Crippen molar-refractivity contribution >= 4 is 17.6 Å². The summed E-state index contributed by atoms with van der Waals surface area (Å²) in [4.78, 5) is 7.91. The average Bonchev–Trinajstić information content (AvgIpc) is 2.35. The molecule has 0 radical (unpaired) electrons. The van der Waals surface area contributed by atoms with Gasteiger partial charge in [0.25, 0.3) is 0 Å². The van der Waals surface area contributed by atoms with E-state index in [9.17, 15) is 5.11 Å². The number of nitrogens with zero attached hydrogens (tertiary/aromatic N) is 2. The van der Waals surface area contributed by atoms with Crippen LogP contribution in [-0.2, 0) is 0 Å². The lowest BCUT2D eigenvalue weighted by atomic mass is 9.79. The minimum Gasteiger partial charge on any atom is -0.396 e. The molecule has 2 atom stereocenters. The smallest absolute Gasteiger partial charge is 0.223 e. The molecule has 0 spiro atoms. The zero-order valence-corrected chi connectivity index (χ0v) is 10.5. The topological polar surface area (TPSA) is 110 Å². The summed E-state index contributed by atoms with van der Waals surface area (Å²) in [6.45, 7) is 1.06. The van der Waals surface area contributed by atoms with Crippen molar-refractivity contribution in [2.75, 3.05) is 29.9 Å². The van der Waals surface area contributed by atoms with Gasteiger partial charge in [0, 0.05) is 19.2 Å². The molecule has 18 heavy (non-hydrogen) atoms. The van der Waals surface area contributed by atoms with Crippen LogP contribution in [-0.4, -0.2) is 28.2 Å². The second kappa shape index (κ2) is 5.86. The Morgan fingerprint density at radius 1 is 1.22 bits per heavy atom. The van der Waals surface area contributed by atoms with Crippen molar-refractivity contribution in [2.24, 2.45) is 11.8 Å². The van der Waals surface area contributed by atoms with E-state index in [1.54, 1.807) is 6.07 Å². The first kappa shape index (κ1) is 12.9. The van der Waals surface area contributed by atoms with Crippen LogP contribution in [0.15, 0.2) is 6.07 Å². The fourth-order valence-electron chi connectivity index (χ4n) is 2.61. The zero-order valence-electron chi connectivity index (χ0n) is 10.5. The molecule has 100 valence electrons. The van der Waals surface area contributed by atoms with Crippen LogP contribution in [0.1, 0.15) is 25.7 Å². The summed E-state index contributed by atoms with van der Waals surface area (Å²) < 4.78 is 0. The van der Waals surface area contributed by atoms with Crippen LogP contribution in [0.4, 0.5) is 17.6 Å². The van der Waals surface area contributed by atoms with E-state index in [1.165, 1.54) is 12.8 Å². The molecule has 0 bridgehead atoms. The quantitative estimate of drug-likeness (QED) is 0.631. The van der Waals surface area contributed by atoms with E-state index >= 15 is 0 Å². The van der Waals surface area contributed by atoms with Gasteiger partial charge in [-0.2, -0.15) is 9.97 Å². The Bertz CT molecular complexity index is 378. The molecular formula is C12H21N5O. The Balaban J connectivity index is 1.93. The van der Waals surface area contributed by atoms with Gasteiger partial charge in [0.05, 0.1) is 0 Å². The maximum absolute atomic E-state index is 9.35. The van der Waals surface area contributed by atoms with Gasteiger partial charge in [-0.3, -0.25) is 0 Å². The highest BCUT2D eigenvalue weighted by Crippen LogP contribution is 2.29. The SMILES string of the molecule is Nc1cc(NCC2CCCCC2CO)nc(N)n1. The molecule has 1 fully saturated rings. The van der Waals surface area contributed by atoms with Crippen LogP contribution in [0, 0.1) is 11.8 Å². The van der Waals surface area contributed by atoms with Gasteiger partial charge in [0.1, 0.15) is 11.6 Å². The first-order valence-corrected chi connectivity index (χ1v) is 6.44. The van der Waals surface area contributed by atoms with E-state index in [0.717, 1.165) is 19.4 Å². The monoisotopic (exact) mass is 251 g/mol. The molecule has 0 saturated heterocycles. The van der Waals surface area contributed by atoms with Crippen molar-refractivity contribution in [1.82, 2.24) is 9.97 Å². The van der Waals surface area contributed by atoms with Gasteiger partial charge in [-0.25, -0.2) is 0 Å². The van der Waals surface area contributed by atoms with Crippen molar-refractivity contribution in [3.8, 4) is 0 Å². The van der Waals surface area contributed by atoms with Gasteiger partial charge in [-0.15, -0.1) is 0 Å². The van der Waals surface area contributed by atoms with Gasteiger partial charge in [0.2, 0.25) is 5.95 Å². The van der Waals surface area contributed by atoms with Gasteiger partial charge >= 0.3 is 0 Å². The van der Waals surface area contributed by atoms with E-state index in [4.69, 9.17) is 11.5 Å². The molecule has 2 unspecified atom stereocenters. The first-order valence-electron chi connectivity index (χ1n) is 6.44. The molecular weight excluding hydrogens is 230 g/mol. The van der Waals surface area contributed by atoms with E-state index in [1.807, 2.05) is 0 Å². The summed E-state index contributed by atoms with van der Waals surface area (Å²) in [5, 5.41) is 12.6. The number of hydrogen-bond acceptors (Lipinski definition) is 6. The molecule has 1 saturated carbocycles. The molecule has 1 heterocycles. The molecule has 1 aromatic heterocycles. The van der Waals surface area contributed by atoms with Gasteiger partial charge in [-0.1, -0.05) is 12.8 Å². The lowest BCUT2D eigenvalue weighted by Gasteiger charge is -2.30. The molecule has 2 rings (SSSR count). The van der Waals surface area contributed by atoms with Crippen molar-refractivity contribution in [3.63, 3.8) is 0 Å². The Morgan fingerprint density at radius 2 is 1.94 bits per heavy atom. The fraction of sp³-hybridized carbons (Fsp3) is 0.667. The first-order chi connectivity index (χ1) is 8.69. The molecule has 1 aliphatic rings. The second-order valence-corrected chi connectivity index (χ2v) is 4.90. The average molecular weight is 251 g/mol. The molecule has 1 aliphatic carbocycles. The van der Waals surface area contributed by atoms with E-state index in [0.29, 0.717) is 23.5 Å². The van der Waals surface area contributed by atoms with Gasteiger partial charge in [-0.05, 0) is 24.7 Å². The fourth-order valence-corrected chi connectivity index (χ4v) is 2.61. The van der Waals surface area contributed by atoms with Crippen molar-refractivity contribution in [3.05, 3.63) is 6.07 Å². The lowest BCUT2D eigenvalue weighted by molar-refractivity contribution is 0.141. The molecule has 1 aromatic rings. The van der Waals surface area contributed by atoms with Crippen LogP contribution in [0.5, 0.6) is 0 Å². The summed E-state index contributed by atoms with van der Waals surface area (Å²) in [6.07, 6.45) is 4.71.